The Labute approximate surface area is 468 Å². The Morgan fingerprint density at radius 1 is 0.405 bits per heavy atom. The van der Waals surface area contributed by atoms with Gasteiger partial charge in [0, 0.05) is 59.2 Å². The van der Waals surface area contributed by atoms with E-state index in [1.165, 1.54) is 114 Å². The first-order valence-electron chi connectivity index (χ1n) is 27.5. The van der Waals surface area contributed by atoms with Crippen molar-refractivity contribution < 1.29 is 4.74 Å². The maximum absolute atomic E-state index is 6.80. The second kappa shape index (κ2) is 16.1. The Kier molecular flexibility index (Phi) is 8.95. The molecule has 4 aliphatic carbocycles. The summed E-state index contributed by atoms with van der Waals surface area (Å²) in [5, 5.41) is 0. The molecule has 0 saturated heterocycles. The highest BCUT2D eigenvalue weighted by Crippen LogP contribution is 2.68. The minimum Gasteiger partial charge on any atom is -0.457 e. The highest BCUT2D eigenvalue weighted by molar-refractivity contribution is 7.99. The molecule has 3 aliphatic heterocycles. The quantitative estimate of drug-likeness (QED) is 0.175. The molecule has 11 aromatic rings. The van der Waals surface area contributed by atoms with E-state index in [0.717, 1.165) is 47.0 Å². The molecule has 368 valence electrons. The lowest BCUT2D eigenvalue weighted by molar-refractivity contribution is 0.435. The van der Waals surface area contributed by atoms with Crippen molar-refractivity contribution in [2.24, 2.45) is 0 Å². The predicted molar refractivity (Wildman–Crippen MR) is 320 cm³/mol. The van der Waals surface area contributed by atoms with E-state index in [-0.39, 0.29) is 0 Å². The van der Waals surface area contributed by atoms with Crippen molar-refractivity contribution in [1.29, 1.82) is 0 Å². The number of hydrogen-bond donors (Lipinski definition) is 0. The summed E-state index contributed by atoms with van der Waals surface area (Å²) in [5.74, 6) is 1.82. The summed E-state index contributed by atoms with van der Waals surface area (Å²) in [5.41, 5.74) is 24.4. The van der Waals surface area contributed by atoms with E-state index in [0.29, 0.717) is 0 Å². The minimum atomic E-state index is -0.632. The highest BCUT2D eigenvalue weighted by atomic mass is 32.2. The normalized spacial score (nSPS) is 16.4. The van der Waals surface area contributed by atoms with Gasteiger partial charge in [0.05, 0.1) is 27.6 Å². The minimum absolute atomic E-state index is 0.558. The van der Waals surface area contributed by atoms with E-state index in [1.807, 2.05) is 23.5 Å². The fraction of sp³-hybridized carbons (Fsp3) is 0.0667. The van der Waals surface area contributed by atoms with Crippen LogP contribution < -0.4 is 9.64 Å². The van der Waals surface area contributed by atoms with Gasteiger partial charge in [0.25, 0.3) is 0 Å². The molecule has 0 bridgehead atoms. The van der Waals surface area contributed by atoms with Gasteiger partial charge in [-0.3, -0.25) is 0 Å². The Bertz CT molecular complexity index is 4240. The van der Waals surface area contributed by atoms with E-state index in [2.05, 4.69) is 266 Å². The third-order valence-electron chi connectivity index (χ3n) is 18.4. The van der Waals surface area contributed by atoms with Crippen molar-refractivity contribution in [2.75, 3.05) is 4.90 Å². The van der Waals surface area contributed by atoms with Gasteiger partial charge in [-0.25, -0.2) is 0 Å². The molecule has 18 rings (SSSR count). The molecule has 0 N–H and O–H groups in total. The number of hydrogen-bond acceptors (Lipinski definition) is 4. The second-order valence-electron chi connectivity index (χ2n) is 21.8. The topological polar surface area (TPSA) is 12.5 Å². The molecule has 4 heteroatoms. The van der Waals surface area contributed by atoms with Crippen LogP contribution >= 0.6 is 23.5 Å². The van der Waals surface area contributed by atoms with E-state index >= 15 is 0 Å². The van der Waals surface area contributed by atoms with E-state index in [4.69, 9.17) is 4.74 Å². The molecule has 0 saturated carbocycles. The maximum atomic E-state index is 6.80. The molecule has 11 aromatic carbocycles. The number of fused-ring (bicyclic) bond motifs is 26. The predicted octanol–water partition coefficient (Wildman–Crippen LogP) is 19.0. The molecular weight excluding hydrogens is 995 g/mol. The summed E-state index contributed by atoms with van der Waals surface area (Å²) in [4.78, 5) is 7.74. The van der Waals surface area contributed by atoms with Crippen LogP contribution in [0, 0.1) is 12.1 Å². The lowest BCUT2D eigenvalue weighted by Gasteiger charge is -2.40. The molecule has 0 fully saturated rings. The van der Waals surface area contributed by atoms with Gasteiger partial charge in [-0.05, 0) is 140 Å². The SMILES string of the molecule is c1cc(N(c2ccc3c(c2)C2=C(C=CCC2)C32c3ccccc3Oc3ccccc32)c2cccc3c2-c2ccccc2C32c3ccccc3Sc3ccccc32)c2c(c#1)C1(c3ccccc3Sc3ccccc31)c1ccccc1-2. The second-order valence-corrected chi connectivity index (χ2v) is 23.9. The number of ether oxygens (including phenoxy) is 1. The Morgan fingerprint density at radius 2 is 0.899 bits per heavy atom. The Balaban J connectivity index is 0.965. The van der Waals surface area contributed by atoms with Gasteiger partial charge < -0.3 is 9.64 Å². The average molecular weight is 1040 g/mol. The molecule has 0 amide bonds. The van der Waals surface area contributed by atoms with Crippen LogP contribution in [0.15, 0.2) is 274 Å². The highest BCUT2D eigenvalue weighted by Gasteiger charge is 2.55. The lowest BCUT2D eigenvalue weighted by Crippen LogP contribution is -2.33. The zero-order valence-corrected chi connectivity index (χ0v) is 44.4. The fourth-order valence-corrected chi connectivity index (χ4v) is 18.0. The number of nitrogens with zero attached hydrogens (tertiary/aromatic N) is 1. The van der Waals surface area contributed by atoms with Gasteiger partial charge in [-0.1, -0.05) is 224 Å². The summed E-state index contributed by atoms with van der Waals surface area (Å²) in [6, 6.07) is 96.7. The molecule has 3 heterocycles. The summed E-state index contributed by atoms with van der Waals surface area (Å²) >= 11 is 3.76. The zero-order chi connectivity index (χ0) is 51.6. The van der Waals surface area contributed by atoms with Crippen molar-refractivity contribution in [3.05, 3.63) is 333 Å². The lowest BCUT2D eigenvalue weighted by atomic mass is 9.65. The van der Waals surface area contributed by atoms with Crippen LogP contribution in [0.25, 0.3) is 27.8 Å². The van der Waals surface area contributed by atoms with Gasteiger partial charge >= 0.3 is 0 Å². The summed E-state index contributed by atoms with van der Waals surface area (Å²) in [7, 11) is 0. The summed E-state index contributed by atoms with van der Waals surface area (Å²) in [6.07, 6.45) is 6.73. The van der Waals surface area contributed by atoms with E-state index in [1.54, 1.807) is 0 Å². The van der Waals surface area contributed by atoms with Gasteiger partial charge in [0.2, 0.25) is 0 Å². The van der Waals surface area contributed by atoms with Crippen LogP contribution in [0.5, 0.6) is 11.5 Å². The van der Waals surface area contributed by atoms with Crippen molar-refractivity contribution in [2.45, 2.75) is 48.7 Å². The first kappa shape index (κ1) is 44.0. The molecule has 0 atom stereocenters. The molecule has 79 heavy (non-hydrogen) atoms. The smallest absolute Gasteiger partial charge is 0.132 e. The van der Waals surface area contributed by atoms with Crippen LogP contribution in [-0.2, 0) is 16.2 Å². The van der Waals surface area contributed by atoms with Crippen LogP contribution in [0.3, 0.4) is 0 Å². The molecule has 2 nitrogen and oxygen atoms in total. The largest absolute Gasteiger partial charge is 0.457 e. The molecule has 0 radical (unpaired) electrons. The standard InChI is InChI=1S/C75H45NOS2/c1-4-24-51-47(21-1)50-45-46(43-44-54(50)73(51)55-27-7-13-37-65(55)77-66-38-14-8-28-56(66)73)76(63-35-19-33-61-71(63)48-22-2-5-25-52(48)74(61)57-29-9-15-39-67(57)78-68-40-16-10-30-58(68)74)64-36-20-34-62-72(64)49-23-3-6-26-53(49)75(62)59-31-11-17-41-69(59)79-70-42-18-12-32-60(70)75/h2-19,22-33,35-45H,1,21H2. The monoisotopic (exact) mass is 1040 g/mol. The van der Waals surface area contributed by atoms with Crippen molar-refractivity contribution in [3.8, 4) is 33.8 Å². The van der Waals surface area contributed by atoms with Gasteiger partial charge in [0.1, 0.15) is 11.5 Å². The van der Waals surface area contributed by atoms with Crippen molar-refractivity contribution in [1.82, 2.24) is 0 Å². The summed E-state index contributed by atoms with van der Waals surface area (Å²) in [6.45, 7) is 0. The number of rotatable bonds is 3. The molecule has 3 spiro atoms. The molecule has 0 aromatic heterocycles. The number of anilines is 3. The number of benzene rings is 10. The number of para-hydroxylation sites is 2. The van der Waals surface area contributed by atoms with E-state index < -0.39 is 16.2 Å². The van der Waals surface area contributed by atoms with Gasteiger partial charge in [-0.15, -0.1) is 0 Å². The van der Waals surface area contributed by atoms with Crippen LogP contribution in [0.2, 0.25) is 0 Å². The van der Waals surface area contributed by atoms with Gasteiger partial charge in [0.15, 0.2) is 0 Å². The van der Waals surface area contributed by atoms with Crippen LogP contribution in [-0.4, -0.2) is 0 Å². The first-order valence-corrected chi connectivity index (χ1v) is 29.1. The molecule has 0 unspecified atom stereocenters. The maximum Gasteiger partial charge on any atom is 0.132 e. The Morgan fingerprint density at radius 3 is 1.52 bits per heavy atom. The summed E-state index contributed by atoms with van der Waals surface area (Å²) < 4.78 is 6.80. The Hall–Kier alpha value is -8.98. The fourth-order valence-electron chi connectivity index (χ4n) is 15.6. The van der Waals surface area contributed by atoms with Gasteiger partial charge in [-0.2, -0.15) is 0 Å². The molecule has 7 aliphatic rings. The molecular formula is C75H45NOS2. The number of allylic oxidation sites excluding steroid dienone is 4. The zero-order valence-electron chi connectivity index (χ0n) is 42.8. The first-order chi connectivity index (χ1) is 39.2. The van der Waals surface area contributed by atoms with Crippen molar-refractivity contribution in [3.63, 3.8) is 0 Å². The van der Waals surface area contributed by atoms with Crippen molar-refractivity contribution >= 4 is 46.2 Å². The van der Waals surface area contributed by atoms with E-state index in [9.17, 15) is 0 Å². The average Bonchev–Trinajstić information content (AvgIpc) is 4.10. The van der Waals surface area contributed by atoms with Crippen LogP contribution in [0.4, 0.5) is 17.1 Å². The third-order valence-corrected chi connectivity index (χ3v) is 20.7. The van der Waals surface area contributed by atoms with Crippen LogP contribution in [0.1, 0.15) is 79.6 Å². The third kappa shape index (κ3) is 5.43.